The second-order valence-corrected chi connectivity index (χ2v) is 9.92. The molecule has 2 aliphatic rings. The maximum absolute atomic E-state index is 13.4. The number of amides is 1. The highest BCUT2D eigenvalue weighted by Crippen LogP contribution is 2.36. The Balaban J connectivity index is 1.16. The third kappa shape index (κ3) is 4.58. The topological polar surface area (TPSA) is 87.7 Å². The van der Waals surface area contributed by atoms with Gasteiger partial charge in [-0.1, -0.05) is 42.5 Å². The van der Waals surface area contributed by atoms with Gasteiger partial charge in [-0.3, -0.25) is 9.59 Å². The minimum absolute atomic E-state index is 0.0441. The molecule has 0 aliphatic carbocycles. The summed E-state index contributed by atoms with van der Waals surface area (Å²) < 4.78 is 7.38. The fraction of sp³-hybridized carbons (Fsp3) is 0.267. The first kappa shape index (κ1) is 23.3. The van der Waals surface area contributed by atoms with Gasteiger partial charge in [0.05, 0.1) is 6.54 Å². The minimum Gasteiger partial charge on any atom is -0.462 e. The van der Waals surface area contributed by atoms with Gasteiger partial charge >= 0.3 is 0 Å². The number of pyridine rings is 1. The highest BCUT2D eigenvalue weighted by Gasteiger charge is 2.37. The van der Waals surface area contributed by atoms with Crippen LogP contribution in [0.15, 0.2) is 88.1 Å². The van der Waals surface area contributed by atoms with E-state index >= 15 is 0 Å². The van der Waals surface area contributed by atoms with Crippen LogP contribution in [0.4, 0.5) is 5.69 Å². The number of carbonyl (C=O) groups is 1. The molecule has 4 heterocycles. The molecule has 4 aromatic rings. The average molecular weight is 496 g/mol. The number of benzene rings is 2. The van der Waals surface area contributed by atoms with E-state index in [2.05, 4.69) is 17.4 Å². The Morgan fingerprint density at radius 3 is 2.41 bits per heavy atom. The molecule has 2 aliphatic heterocycles. The molecule has 2 aromatic carbocycles. The lowest BCUT2D eigenvalue weighted by molar-refractivity contribution is 0.0594. The van der Waals surface area contributed by atoms with Crippen LogP contribution in [0.3, 0.4) is 0 Å². The van der Waals surface area contributed by atoms with Gasteiger partial charge in [0.1, 0.15) is 23.8 Å². The number of aliphatic hydroxyl groups excluding tert-OH is 1. The van der Waals surface area contributed by atoms with Gasteiger partial charge < -0.3 is 24.3 Å². The van der Waals surface area contributed by atoms with Crippen LogP contribution in [0, 0.1) is 5.92 Å². The fourth-order valence-electron chi connectivity index (χ4n) is 5.65. The first-order valence-electron chi connectivity index (χ1n) is 12.7. The molecule has 2 aromatic heterocycles. The molecule has 2 atom stereocenters. The zero-order valence-electron chi connectivity index (χ0n) is 20.5. The van der Waals surface area contributed by atoms with Crippen molar-refractivity contribution in [1.29, 1.82) is 0 Å². The lowest BCUT2D eigenvalue weighted by atomic mass is 9.83. The zero-order valence-corrected chi connectivity index (χ0v) is 20.5. The molecule has 1 saturated heterocycles. The monoisotopic (exact) mass is 495 g/mol. The molecule has 0 saturated carbocycles. The molecule has 2 bridgehead atoms. The lowest BCUT2D eigenvalue weighted by Crippen LogP contribution is -2.49. The van der Waals surface area contributed by atoms with Crippen molar-refractivity contribution in [3.8, 4) is 11.1 Å². The molecule has 0 radical (unpaired) electrons. The second-order valence-electron chi connectivity index (χ2n) is 9.92. The molecule has 1 fully saturated rings. The molecule has 1 amide bonds. The summed E-state index contributed by atoms with van der Waals surface area (Å²) >= 11 is 0. The predicted molar refractivity (Wildman–Crippen MR) is 141 cm³/mol. The van der Waals surface area contributed by atoms with Gasteiger partial charge in [0.25, 0.3) is 11.5 Å². The van der Waals surface area contributed by atoms with Crippen LogP contribution in [0.1, 0.15) is 39.9 Å². The summed E-state index contributed by atoms with van der Waals surface area (Å²) in [4.78, 5) is 28.6. The maximum Gasteiger partial charge on any atom is 0.274 e. The first-order valence-corrected chi connectivity index (χ1v) is 12.7. The highest BCUT2D eigenvalue weighted by molar-refractivity contribution is 5.95. The van der Waals surface area contributed by atoms with Crippen molar-refractivity contribution in [1.82, 2.24) is 9.47 Å². The Morgan fingerprint density at radius 2 is 1.65 bits per heavy atom. The summed E-state index contributed by atoms with van der Waals surface area (Å²) in [5, 5.41) is 12.3. The highest BCUT2D eigenvalue weighted by atomic mass is 16.4. The van der Waals surface area contributed by atoms with Crippen molar-refractivity contribution in [3.05, 3.63) is 112 Å². The van der Waals surface area contributed by atoms with Gasteiger partial charge in [-0.25, -0.2) is 0 Å². The molecular formula is C30H29N3O4. The Kier molecular flexibility index (Phi) is 6.14. The SMILES string of the molecule is O=C(c1ccc(-c2ccccc2)cc1)N1C[C@@H]2C[C@H](C1)c1ccc(NCc3ccc(CO)o3)c(=O)n1C2. The van der Waals surface area contributed by atoms with Crippen LogP contribution in [0.5, 0.6) is 0 Å². The Hall–Kier alpha value is -4.10. The standard InChI is InChI=1S/C30H29N3O4/c34-19-26-11-10-25(37-26)15-31-27-12-13-28-24-14-20(17-33(28)30(27)36)16-32(18-24)29(35)23-8-6-22(7-9-23)21-4-2-1-3-5-21/h1-13,20,24,31,34H,14-19H2/t20-,24+/m0/s1. The summed E-state index contributed by atoms with van der Waals surface area (Å²) in [5.74, 6) is 1.58. The van der Waals surface area contributed by atoms with E-state index < -0.39 is 0 Å². The number of piperidine rings is 1. The number of aliphatic hydroxyl groups is 1. The molecule has 7 heteroatoms. The summed E-state index contributed by atoms with van der Waals surface area (Å²) in [6, 6.07) is 25.3. The van der Waals surface area contributed by atoms with E-state index in [1.807, 2.05) is 64.1 Å². The van der Waals surface area contributed by atoms with Gasteiger partial charge in [-0.15, -0.1) is 0 Å². The number of nitrogens with zero attached hydrogens (tertiary/aromatic N) is 2. The van der Waals surface area contributed by atoms with E-state index in [0.717, 1.165) is 23.2 Å². The zero-order chi connectivity index (χ0) is 25.4. The van der Waals surface area contributed by atoms with Crippen molar-refractivity contribution in [2.75, 3.05) is 18.4 Å². The first-order chi connectivity index (χ1) is 18.1. The molecule has 37 heavy (non-hydrogen) atoms. The Labute approximate surface area is 215 Å². The largest absolute Gasteiger partial charge is 0.462 e. The number of hydrogen-bond acceptors (Lipinski definition) is 5. The van der Waals surface area contributed by atoms with Crippen molar-refractivity contribution < 1.29 is 14.3 Å². The number of furan rings is 1. The van der Waals surface area contributed by atoms with E-state index in [1.54, 1.807) is 12.1 Å². The lowest BCUT2D eigenvalue weighted by Gasteiger charge is -2.43. The summed E-state index contributed by atoms with van der Waals surface area (Å²) in [6.45, 7) is 2.08. The van der Waals surface area contributed by atoms with Gasteiger partial charge in [0.15, 0.2) is 0 Å². The smallest absolute Gasteiger partial charge is 0.274 e. The molecule has 6 rings (SSSR count). The van der Waals surface area contributed by atoms with Gasteiger partial charge in [0.2, 0.25) is 0 Å². The van der Waals surface area contributed by atoms with Crippen molar-refractivity contribution in [2.45, 2.75) is 32.0 Å². The van der Waals surface area contributed by atoms with Crippen LogP contribution in [0.25, 0.3) is 11.1 Å². The molecular weight excluding hydrogens is 466 g/mol. The van der Waals surface area contributed by atoms with E-state index in [4.69, 9.17) is 4.42 Å². The number of likely N-dealkylation sites (tertiary alicyclic amines) is 1. The summed E-state index contributed by atoms with van der Waals surface area (Å²) in [7, 11) is 0. The van der Waals surface area contributed by atoms with Crippen molar-refractivity contribution in [2.24, 2.45) is 5.92 Å². The van der Waals surface area contributed by atoms with E-state index in [1.165, 1.54) is 0 Å². The molecule has 0 spiro atoms. The van der Waals surface area contributed by atoms with Gasteiger partial charge in [0, 0.05) is 36.8 Å². The van der Waals surface area contributed by atoms with E-state index in [-0.39, 0.29) is 29.9 Å². The van der Waals surface area contributed by atoms with Crippen molar-refractivity contribution >= 4 is 11.6 Å². The third-order valence-electron chi connectivity index (χ3n) is 7.46. The molecule has 188 valence electrons. The summed E-state index contributed by atoms with van der Waals surface area (Å²) in [6.07, 6.45) is 0.985. The molecule has 7 nitrogen and oxygen atoms in total. The van der Waals surface area contributed by atoms with Crippen LogP contribution >= 0.6 is 0 Å². The Morgan fingerprint density at radius 1 is 0.892 bits per heavy atom. The number of aromatic nitrogens is 1. The number of carbonyl (C=O) groups excluding carboxylic acids is 1. The number of nitrogens with one attached hydrogen (secondary N) is 1. The maximum atomic E-state index is 13.4. The quantitative estimate of drug-likeness (QED) is 0.412. The normalized spacial score (nSPS) is 18.4. The number of fused-ring (bicyclic) bond motifs is 4. The van der Waals surface area contributed by atoms with Crippen molar-refractivity contribution in [3.63, 3.8) is 0 Å². The number of hydrogen-bond donors (Lipinski definition) is 2. The molecule has 2 N–H and O–H groups in total. The number of rotatable bonds is 6. The van der Waals surface area contributed by atoms with Gasteiger partial charge in [-0.2, -0.15) is 0 Å². The fourth-order valence-corrected chi connectivity index (χ4v) is 5.65. The van der Waals surface area contributed by atoms with E-state index in [9.17, 15) is 14.7 Å². The van der Waals surface area contributed by atoms with Crippen LogP contribution in [-0.4, -0.2) is 33.6 Å². The third-order valence-corrected chi connectivity index (χ3v) is 7.46. The molecule has 0 unspecified atom stereocenters. The second kappa shape index (κ2) is 9.75. The van der Waals surface area contributed by atoms with Crippen LogP contribution in [0.2, 0.25) is 0 Å². The summed E-state index contributed by atoms with van der Waals surface area (Å²) in [5.41, 5.74) is 4.38. The van der Waals surface area contributed by atoms with Crippen LogP contribution < -0.4 is 10.9 Å². The Bertz CT molecular complexity index is 1470. The van der Waals surface area contributed by atoms with Crippen LogP contribution in [-0.2, 0) is 19.7 Å². The van der Waals surface area contributed by atoms with Gasteiger partial charge in [-0.05, 0) is 59.9 Å². The minimum atomic E-state index is -0.150. The average Bonchev–Trinajstić information content (AvgIpc) is 3.41. The van der Waals surface area contributed by atoms with E-state index in [0.29, 0.717) is 49.0 Å². The predicted octanol–water partition coefficient (Wildman–Crippen LogP) is 4.47. The number of anilines is 1.